The van der Waals surface area contributed by atoms with Gasteiger partial charge >= 0.3 is 0 Å². The SMILES string of the molecule is O=c1cc(C(C2CC2)C2CC2)nc2cc[nH]n12. The largest absolute Gasteiger partial charge is 0.297 e. The molecule has 0 saturated heterocycles. The van der Waals surface area contributed by atoms with Crippen molar-refractivity contribution in [2.24, 2.45) is 11.8 Å². The Kier molecular flexibility index (Phi) is 1.79. The van der Waals surface area contributed by atoms with E-state index in [0.717, 1.165) is 23.2 Å². The summed E-state index contributed by atoms with van der Waals surface area (Å²) in [5.41, 5.74) is 1.79. The molecule has 2 aromatic rings. The van der Waals surface area contributed by atoms with Crippen molar-refractivity contribution >= 4 is 5.65 Å². The Morgan fingerprint density at radius 2 is 2.00 bits per heavy atom. The highest BCUT2D eigenvalue weighted by atomic mass is 16.1. The highest BCUT2D eigenvalue weighted by molar-refractivity contribution is 5.37. The number of rotatable bonds is 3. The Hall–Kier alpha value is -1.58. The molecule has 0 atom stereocenters. The first-order valence-corrected chi connectivity index (χ1v) is 6.40. The van der Waals surface area contributed by atoms with Crippen molar-refractivity contribution in [3.63, 3.8) is 0 Å². The molecular weight excluding hydrogens is 214 g/mol. The van der Waals surface area contributed by atoms with Crippen molar-refractivity contribution < 1.29 is 0 Å². The lowest BCUT2D eigenvalue weighted by atomic mass is 9.94. The number of hydrogen-bond acceptors (Lipinski definition) is 2. The van der Waals surface area contributed by atoms with Crippen LogP contribution in [0.25, 0.3) is 5.65 Å². The van der Waals surface area contributed by atoms with Gasteiger partial charge in [-0.3, -0.25) is 9.89 Å². The van der Waals surface area contributed by atoms with E-state index in [0.29, 0.717) is 5.92 Å². The van der Waals surface area contributed by atoms with Crippen molar-refractivity contribution in [3.8, 4) is 0 Å². The Bertz CT molecular complexity index is 607. The molecule has 4 rings (SSSR count). The molecule has 1 N–H and O–H groups in total. The van der Waals surface area contributed by atoms with Crippen molar-refractivity contribution in [1.82, 2.24) is 14.6 Å². The second-order valence-electron chi connectivity index (χ2n) is 5.38. The van der Waals surface area contributed by atoms with Crippen LogP contribution in [0.1, 0.15) is 37.3 Å². The number of nitrogens with zero attached hydrogens (tertiary/aromatic N) is 2. The molecular formula is C13H15N3O. The van der Waals surface area contributed by atoms with E-state index < -0.39 is 0 Å². The zero-order valence-corrected chi connectivity index (χ0v) is 9.60. The van der Waals surface area contributed by atoms with Crippen LogP contribution in [-0.4, -0.2) is 14.6 Å². The lowest BCUT2D eigenvalue weighted by Crippen LogP contribution is -2.18. The third kappa shape index (κ3) is 1.51. The highest BCUT2D eigenvalue weighted by Crippen LogP contribution is 2.53. The summed E-state index contributed by atoms with van der Waals surface area (Å²) in [4.78, 5) is 16.6. The zero-order valence-electron chi connectivity index (χ0n) is 9.60. The molecule has 0 spiro atoms. The molecule has 0 amide bonds. The fourth-order valence-corrected chi connectivity index (χ4v) is 2.90. The number of nitrogens with one attached hydrogen (secondary N) is 1. The van der Waals surface area contributed by atoms with Crippen LogP contribution in [-0.2, 0) is 0 Å². The second-order valence-corrected chi connectivity index (χ2v) is 5.38. The Balaban J connectivity index is 1.85. The number of H-pyrrole nitrogens is 1. The summed E-state index contributed by atoms with van der Waals surface area (Å²) in [6.07, 6.45) is 7.02. The zero-order chi connectivity index (χ0) is 11.4. The lowest BCUT2D eigenvalue weighted by molar-refractivity contribution is 0.523. The summed E-state index contributed by atoms with van der Waals surface area (Å²) in [7, 11) is 0. The van der Waals surface area contributed by atoms with Crippen LogP contribution in [0.15, 0.2) is 23.1 Å². The lowest BCUT2D eigenvalue weighted by Gasteiger charge is -2.14. The van der Waals surface area contributed by atoms with Gasteiger partial charge in [0.2, 0.25) is 0 Å². The number of aromatic amines is 1. The Morgan fingerprint density at radius 1 is 1.29 bits per heavy atom. The summed E-state index contributed by atoms with van der Waals surface area (Å²) in [5.74, 6) is 2.12. The monoisotopic (exact) mass is 229 g/mol. The van der Waals surface area contributed by atoms with Gasteiger partial charge in [0.15, 0.2) is 5.65 Å². The predicted octanol–water partition coefficient (Wildman–Crippen LogP) is 1.93. The van der Waals surface area contributed by atoms with E-state index in [1.54, 1.807) is 12.3 Å². The first-order chi connectivity index (χ1) is 8.33. The number of hydrogen-bond donors (Lipinski definition) is 1. The molecule has 88 valence electrons. The summed E-state index contributed by atoms with van der Waals surface area (Å²) in [6.45, 7) is 0. The molecule has 0 radical (unpaired) electrons. The van der Waals surface area contributed by atoms with Gasteiger partial charge in [0.1, 0.15) is 0 Å². The maximum absolute atomic E-state index is 11.9. The fourth-order valence-electron chi connectivity index (χ4n) is 2.90. The Labute approximate surface area is 98.7 Å². The quantitative estimate of drug-likeness (QED) is 0.874. The van der Waals surface area contributed by atoms with Crippen molar-refractivity contribution in [2.75, 3.05) is 0 Å². The molecule has 0 aromatic carbocycles. The molecule has 4 nitrogen and oxygen atoms in total. The fraction of sp³-hybridized carbons (Fsp3) is 0.538. The van der Waals surface area contributed by atoms with Crippen molar-refractivity contribution in [1.29, 1.82) is 0 Å². The average Bonchev–Trinajstić information content (AvgIpc) is 3.22. The third-order valence-corrected chi connectivity index (χ3v) is 4.00. The maximum atomic E-state index is 11.9. The van der Waals surface area contributed by atoms with Crippen LogP contribution in [0.4, 0.5) is 0 Å². The predicted molar refractivity (Wildman–Crippen MR) is 64.0 cm³/mol. The highest BCUT2D eigenvalue weighted by Gasteiger charge is 2.43. The summed E-state index contributed by atoms with van der Waals surface area (Å²) < 4.78 is 1.50. The number of fused-ring (bicyclic) bond motifs is 1. The standard InChI is InChI=1S/C13H15N3O/c17-12-7-10(15-11-5-6-14-16(11)12)13(8-1-2-8)9-3-4-9/h5-9,13-14H,1-4H2. The van der Waals surface area contributed by atoms with Crippen LogP contribution in [0.5, 0.6) is 0 Å². The minimum atomic E-state index is 0.0151. The topological polar surface area (TPSA) is 50.2 Å². The summed E-state index contributed by atoms with van der Waals surface area (Å²) >= 11 is 0. The summed E-state index contributed by atoms with van der Waals surface area (Å²) in [6, 6.07) is 3.59. The van der Waals surface area contributed by atoms with Crippen LogP contribution in [0.2, 0.25) is 0 Å². The molecule has 17 heavy (non-hydrogen) atoms. The first-order valence-electron chi connectivity index (χ1n) is 6.40. The molecule has 2 aliphatic carbocycles. The molecule has 0 bridgehead atoms. The third-order valence-electron chi connectivity index (χ3n) is 4.00. The van der Waals surface area contributed by atoms with Gasteiger partial charge in [-0.25, -0.2) is 9.50 Å². The van der Waals surface area contributed by atoms with E-state index in [-0.39, 0.29) is 5.56 Å². The molecule has 2 aromatic heterocycles. The van der Waals surface area contributed by atoms with Crippen LogP contribution in [0.3, 0.4) is 0 Å². The molecule has 2 fully saturated rings. The van der Waals surface area contributed by atoms with Crippen LogP contribution < -0.4 is 5.56 Å². The van der Waals surface area contributed by atoms with Gasteiger partial charge in [-0.05, 0) is 37.5 Å². The van der Waals surface area contributed by atoms with Gasteiger partial charge < -0.3 is 0 Å². The molecule has 2 saturated carbocycles. The molecule has 0 unspecified atom stereocenters. The van der Waals surface area contributed by atoms with Gasteiger partial charge in [0.25, 0.3) is 5.56 Å². The van der Waals surface area contributed by atoms with Gasteiger partial charge in [0, 0.05) is 24.2 Å². The van der Waals surface area contributed by atoms with Gasteiger partial charge in [-0.1, -0.05) is 0 Å². The van der Waals surface area contributed by atoms with Gasteiger partial charge in [-0.15, -0.1) is 0 Å². The molecule has 2 heterocycles. The van der Waals surface area contributed by atoms with Crippen molar-refractivity contribution in [3.05, 3.63) is 34.4 Å². The van der Waals surface area contributed by atoms with Crippen molar-refractivity contribution in [2.45, 2.75) is 31.6 Å². The second kappa shape index (κ2) is 3.22. The summed E-state index contributed by atoms with van der Waals surface area (Å²) in [5, 5.41) is 2.89. The first kappa shape index (κ1) is 9.45. The van der Waals surface area contributed by atoms with E-state index in [1.807, 2.05) is 6.07 Å². The van der Waals surface area contributed by atoms with E-state index in [1.165, 1.54) is 30.2 Å². The minimum absolute atomic E-state index is 0.0151. The van der Waals surface area contributed by atoms with Crippen LogP contribution in [0, 0.1) is 11.8 Å². The van der Waals surface area contributed by atoms with E-state index in [2.05, 4.69) is 10.1 Å². The molecule has 4 heteroatoms. The maximum Gasteiger partial charge on any atom is 0.272 e. The van der Waals surface area contributed by atoms with E-state index >= 15 is 0 Å². The molecule has 0 aliphatic heterocycles. The van der Waals surface area contributed by atoms with Gasteiger partial charge in [-0.2, -0.15) is 0 Å². The van der Waals surface area contributed by atoms with Gasteiger partial charge in [0.05, 0.1) is 5.69 Å². The normalized spacial score (nSPS) is 20.3. The molecule has 2 aliphatic rings. The van der Waals surface area contributed by atoms with E-state index in [4.69, 9.17) is 0 Å². The Morgan fingerprint density at radius 3 is 2.65 bits per heavy atom. The minimum Gasteiger partial charge on any atom is -0.297 e. The van der Waals surface area contributed by atoms with E-state index in [9.17, 15) is 4.79 Å². The van der Waals surface area contributed by atoms with Crippen LogP contribution >= 0.6 is 0 Å². The smallest absolute Gasteiger partial charge is 0.272 e. The average molecular weight is 229 g/mol. The number of aromatic nitrogens is 3.